The standard InChI is InChI=1S/C26H35NO7/c1-2-3-4-5-6-15-32-20-11-7-18(8-12-20)16-27-19-9-13-21(14-10-19)33-26-25(31)24(30)23(29)22(17-28)34-26/h7-14,16,22-26,28-31H,2-6,15,17H2,1H3/t22-,23-,24+,25-,26+/m1/s1. The van der Waals surface area contributed by atoms with E-state index in [0.29, 0.717) is 11.4 Å². The summed E-state index contributed by atoms with van der Waals surface area (Å²) in [5, 5.41) is 39.1. The Labute approximate surface area is 200 Å². The van der Waals surface area contributed by atoms with Crippen molar-refractivity contribution in [2.75, 3.05) is 13.2 Å². The molecule has 1 fully saturated rings. The number of benzene rings is 2. The van der Waals surface area contributed by atoms with Gasteiger partial charge in [-0.3, -0.25) is 4.99 Å². The van der Waals surface area contributed by atoms with Crippen LogP contribution in [-0.4, -0.2) is 70.6 Å². The van der Waals surface area contributed by atoms with E-state index >= 15 is 0 Å². The van der Waals surface area contributed by atoms with Gasteiger partial charge >= 0.3 is 0 Å². The highest BCUT2D eigenvalue weighted by molar-refractivity contribution is 5.82. The molecule has 0 radical (unpaired) electrons. The van der Waals surface area contributed by atoms with E-state index in [1.807, 2.05) is 24.3 Å². The van der Waals surface area contributed by atoms with Crippen LogP contribution in [0.2, 0.25) is 0 Å². The zero-order chi connectivity index (χ0) is 24.3. The van der Waals surface area contributed by atoms with Crippen molar-refractivity contribution in [3.05, 3.63) is 54.1 Å². The first-order valence-electron chi connectivity index (χ1n) is 11.9. The molecular formula is C26H35NO7. The zero-order valence-corrected chi connectivity index (χ0v) is 19.5. The minimum absolute atomic E-state index is 0.388. The average Bonchev–Trinajstić information content (AvgIpc) is 2.86. The Balaban J connectivity index is 1.48. The highest BCUT2D eigenvalue weighted by atomic mass is 16.7. The van der Waals surface area contributed by atoms with E-state index in [9.17, 15) is 20.4 Å². The maximum atomic E-state index is 10.1. The molecule has 0 amide bonds. The average molecular weight is 474 g/mol. The topological polar surface area (TPSA) is 121 Å². The minimum atomic E-state index is -1.48. The molecule has 0 aliphatic carbocycles. The highest BCUT2D eigenvalue weighted by Crippen LogP contribution is 2.26. The normalized spacial score (nSPS) is 24.9. The summed E-state index contributed by atoms with van der Waals surface area (Å²) in [7, 11) is 0. The summed E-state index contributed by atoms with van der Waals surface area (Å²) in [6.45, 7) is 2.43. The Morgan fingerprint density at radius 1 is 0.853 bits per heavy atom. The van der Waals surface area contributed by atoms with Crippen molar-refractivity contribution in [1.82, 2.24) is 0 Å². The number of aliphatic hydroxyl groups is 4. The Hall–Kier alpha value is -2.49. The summed E-state index contributed by atoms with van der Waals surface area (Å²) < 4.78 is 16.7. The first-order valence-corrected chi connectivity index (χ1v) is 11.9. The molecule has 186 valence electrons. The van der Waals surface area contributed by atoms with Gasteiger partial charge in [-0.15, -0.1) is 0 Å². The van der Waals surface area contributed by atoms with Crippen molar-refractivity contribution in [3.8, 4) is 11.5 Å². The van der Waals surface area contributed by atoms with Crippen molar-refractivity contribution in [1.29, 1.82) is 0 Å². The molecule has 1 heterocycles. The highest BCUT2D eigenvalue weighted by Gasteiger charge is 2.44. The van der Waals surface area contributed by atoms with E-state index < -0.39 is 37.3 Å². The van der Waals surface area contributed by atoms with Crippen LogP contribution in [0.4, 0.5) is 5.69 Å². The molecule has 34 heavy (non-hydrogen) atoms. The van der Waals surface area contributed by atoms with Gasteiger partial charge in [0.15, 0.2) is 0 Å². The summed E-state index contributed by atoms with van der Waals surface area (Å²) in [6, 6.07) is 14.6. The summed E-state index contributed by atoms with van der Waals surface area (Å²) in [5.41, 5.74) is 1.64. The maximum Gasteiger partial charge on any atom is 0.229 e. The van der Waals surface area contributed by atoms with Crippen LogP contribution in [0.15, 0.2) is 53.5 Å². The fourth-order valence-corrected chi connectivity index (χ4v) is 3.60. The Morgan fingerprint density at radius 2 is 1.53 bits per heavy atom. The number of rotatable bonds is 12. The van der Waals surface area contributed by atoms with Gasteiger partial charge in [0.1, 0.15) is 35.9 Å². The molecule has 1 aliphatic rings. The van der Waals surface area contributed by atoms with Crippen LogP contribution < -0.4 is 9.47 Å². The number of aliphatic hydroxyl groups excluding tert-OH is 4. The molecule has 0 bridgehead atoms. The minimum Gasteiger partial charge on any atom is -0.494 e. The molecule has 0 spiro atoms. The Kier molecular flexibility index (Phi) is 10.3. The second-order valence-corrected chi connectivity index (χ2v) is 8.40. The van der Waals surface area contributed by atoms with Crippen molar-refractivity contribution in [2.45, 2.75) is 69.7 Å². The van der Waals surface area contributed by atoms with E-state index in [1.54, 1.807) is 30.5 Å². The van der Waals surface area contributed by atoms with Gasteiger partial charge in [-0.1, -0.05) is 32.6 Å². The first-order chi connectivity index (χ1) is 16.5. The van der Waals surface area contributed by atoms with Gasteiger partial charge in [-0.2, -0.15) is 0 Å². The monoisotopic (exact) mass is 473 g/mol. The number of hydrogen-bond acceptors (Lipinski definition) is 8. The molecule has 0 saturated carbocycles. The molecule has 2 aromatic carbocycles. The third-order valence-electron chi connectivity index (χ3n) is 5.70. The lowest BCUT2D eigenvalue weighted by molar-refractivity contribution is -0.277. The molecule has 4 N–H and O–H groups in total. The van der Waals surface area contributed by atoms with Crippen LogP contribution in [0.3, 0.4) is 0 Å². The number of aliphatic imine (C=N–C) groups is 1. The fourth-order valence-electron chi connectivity index (χ4n) is 3.60. The molecule has 5 atom stereocenters. The van der Waals surface area contributed by atoms with Crippen LogP contribution in [0.5, 0.6) is 11.5 Å². The van der Waals surface area contributed by atoms with E-state index in [0.717, 1.165) is 24.3 Å². The zero-order valence-electron chi connectivity index (χ0n) is 19.5. The molecule has 2 aromatic rings. The SMILES string of the molecule is CCCCCCCOc1ccc(C=Nc2ccc(O[C@H]3O[C@H](CO)[C@@H](O)[C@H](O)[C@H]3O)cc2)cc1. The number of nitrogens with zero attached hydrogens (tertiary/aromatic N) is 1. The van der Waals surface area contributed by atoms with E-state index in [4.69, 9.17) is 14.2 Å². The molecule has 1 aliphatic heterocycles. The predicted molar refractivity (Wildman–Crippen MR) is 129 cm³/mol. The third-order valence-corrected chi connectivity index (χ3v) is 5.70. The molecule has 8 nitrogen and oxygen atoms in total. The molecule has 3 rings (SSSR count). The number of ether oxygens (including phenoxy) is 3. The summed E-state index contributed by atoms with van der Waals surface area (Å²) in [6.07, 6.45) is 1.20. The lowest BCUT2D eigenvalue weighted by Crippen LogP contribution is -2.60. The molecule has 0 aromatic heterocycles. The maximum absolute atomic E-state index is 10.1. The van der Waals surface area contributed by atoms with Gasteiger partial charge in [0.05, 0.1) is 18.9 Å². The van der Waals surface area contributed by atoms with Crippen LogP contribution in [-0.2, 0) is 4.74 Å². The van der Waals surface area contributed by atoms with Crippen LogP contribution in [0.25, 0.3) is 0 Å². The van der Waals surface area contributed by atoms with E-state index in [2.05, 4.69) is 11.9 Å². The van der Waals surface area contributed by atoms with Gasteiger partial charge in [0.2, 0.25) is 6.29 Å². The molecule has 8 heteroatoms. The van der Waals surface area contributed by atoms with Crippen LogP contribution in [0.1, 0.15) is 44.6 Å². The van der Waals surface area contributed by atoms with Gasteiger partial charge in [0, 0.05) is 6.21 Å². The molecule has 0 unspecified atom stereocenters. The lowest BCUT2D eigenvalue weighted by atomic mass is 9.99. The summed E-state index contributed by atoms with van der Waals surface area (Å²) in [5.74, 6) is 1.24. The first kappa shape index (κ1) is 26.1. The van der Waals surface area contributed by atoms with E-state index in [1.165, 1.54) is 25.7 Å². The van der Waals surface area contributed by atoms with Crippen LogP contribution >= 0.6 is 0 Å². The van der Waals surface area contributed by atoms with Crippen molar-refractivity contribution >= 4 is 11.9 Å². The smallest absolute Gasteiger partial charge is 0.229 e. The Bertz CT molecular complexity index is 870. The summed E-state index contributed by atoms with van der Waals surface area (Å²) in [4.78, 5) is 4.45. The van der Waals surface area contributed by atoms with Crippen molar-refractivity contribution in [3.63, 3.8) is 0 Å². The van der Waals surface area contributed by atoms with Crippen molar-refractivity contribution in [2.24, 2.45) is 4.99 Å². The number of hydrogen-bond donors (Lipinski definition) is 4. The van der Waals surface area contributed by atoms with Crippen molar-refractivity contribution < 1.29 is 34.6 Å². The van der Waals surface area contributed by atoms with Gasteiger partial charge in [0.25, 0.3) is 0 Å². The fraction of sp³-hybridized carbons (Fsp3) is 0.500. The lowest BCUT2D eigenvalue weighted by Gasteiger charge is -2.39. The second kappa shape index (κ2) is 13.4. The summed E-state index contributed by atoms with van der Waals surface area (Å²) >= 11 is 0. The van der Waals surface area contributed by atoms with Gasteiger partial charge < -0.3 is 34.6 Å². The van der Waals surface area contributed by atoms with Gasteiger partial charge in [-0.25, -0.2) is 0 Å². The molecule has 1 saturated heterocycles. The third kappa shape index (κ3) is 7.51. The van der Waals surface area contributed by atoms with Crippen LogP contribution in [0, 0.1) is 0 Å². The van der Waals surface area contributed by atoms with E-state index in [-0.39, 0.29) is 0 Å². The largest absolute Gasteiger partial charge is 0.494 e. The quantitative estimate of drug-likeness (QED) is 0.276. The molecular weight excluding hydrogens is 438 g/mol. The number of unbranched alkanes of at least 4 members (excludes halogenated alkanes) is 4. The second-order valence-electron chi connectivity index (χ2n) is 8.40. The Morgan fingerprint density at radius 3 is 2.21 bits per heavy atom. The predicted octanol–water partition coefficient (Wildman–Crippen LogP) is 2.97. The van der Waals surface area contributed by atoms with Gasteiger partial charge in [-0.05, 0) is 60.5 Å².